The summed E-state index contributed by atoms with van der Waals surface area (Å²) in [4.78, 5) is 12.8. The molecule has 0 atom stereocenters. The molecular weight excluding hydrogens is 268 g/mol. The second-order valence-electron chi connectivity index (χ2n) is 4.32. The molecule has 5 heteroatoms. The molecule has 3 nitrogen and oxygen atoms in total. The molecule has 1 fully saturated rings. The minimum Gasteiger partial charge on any atom is -0.324 e. The number of thioether (sulfide) groups is 1. The second-order valence-corrected chi connectivity index (χ2v) is 5.17. The van der Waals surface area contributed by atoms with Crippen molar-refractivity contribution in [1.82, 2.24) is 5.32 Å². The van der Waals surface area contributed by atoms with Gasteiger partial charge in [0, 0.05) is 4.90 Å². The van der Waals surface area contributed by atoms with E-state index in [1.165, 1.54) is 12.8 Å². The number of para-hydroxylation sites is 1. The predicted octanol–water partition coefficient (Wildman–Crippen LogP) is 2.77. The average molecular weight is 287 g/mol. The van der Waals surface area contributed by atoms with E-state index in [1.807, 2.05) is 30.5 Å². The van der Waals surface area contributed by atoms with E-state index in [4.69, 9.17) is 0 Å². The molecule has 1 saturated carbocycles. The SMILES string of the molecule is CSc1ccccc1NC(=O)CNCC1CC1.Cl. The molecule has 1 aliphatic rings. The molecule has 1 aliphatic carbocycles. The van der Waals surface area contributed by atoms with Gasteiger partial charge in [-0.3, -0.25) is 4.79 Å². The van der Waals surface area contributed by atoms with E-state index < -0.39 is 0 Å². The quantitative estimate of drug-likeness (QED) is 0.790. The van der Waals surface area contributed by atoms with Gasteiger partial charge in [-0.15, -0.1) is 24.2 Å². The Kier molecular flexibility index (Phi) is 6.54. The van der Waals surface area contributed by atoms with Crippen molar-refractivity contribution in [2.45, 2.75) is 17.7 Å². The van der Waals surface area contributed by atoms with Crippen molar-refractivity contribution in [1.29, 1.82) is 0 Å². The van der Waals surface area contributed by atoms with E-state index >= 15 is 0 Å². The smallest absolute Gasteiger partial charge is 0.238 e. The summed E-state index contributed by atoms with van der Waals surface area (Å²) >= 11 is 1.64. The minimum atomic E-state index is 0. The lowest BCUT2D eigenvalue weighted by molar-refractivity contribution is -0.115. The molecular formula is C13H19ClN2OS. The Hall–Kier alpha value is -0.710. The number of benzene rings is 1. The van der Waals surface area contributed by atoms with Crippen LogP contribution in [0.2, 0.25) is 0 Å². The largest absolute Gasteiger partial charge is 0.324 e. The Morgan fingerprint density at radius 3 is 2.78 bits per heavy atom. The van der Waals surface area contributed by atoms with Crippen molar-refractivity contribution in [3.05, 3.63) is 24.3 Å². The van der Waals surface area contributed by atoms with Crippen molar-refractivity contribution in [2.24, 2.45) is 5.92 Å². The normalized spacial score (nSPS) is 13.8. The molecule has 1 aromatic rings. The summed E-state index contributed by atoms with van der Waals surface area (Å²) in [5.74, 6) is 0.841. The number of amides is 1. The number of anilines is 1. The van der Waals surface area contributed by atoms with Crippen LogP contribution in [0.1, 0.15) is 12.8 Å². The van der Waals surface area contributed by atoms with Gasteiger partial charge in [0.15, 0.2) is 0 Å². The summed E-state index contributed by atoms with van der Waals surface area (Å²) in [6, 6.07) is 7.86. The van der Waals surface area contributed by atoms with Gasteiger partial charge in [-0.25, -0.2) is 0 Å². The molecule has 0 bridgehead atoms. The third-order valence-electron chi connectivity index (χ3n) is 2.80. The van der Waals surface area contributed by atoms with Crippen molar-refractivity contribution < 1.29 is 4.79 Å². The van der Waals surface area contributed by atoms with Crippen LogP contribution in [0.5, 0.6) is 0 Å². The summed E-state index contributed by atoms with van der Waals surface area (Å²) < 4.78 is 0. The van der Waals surface area contributed by atoms with Crippen LogP contribution in [0, 0.1) is 5.92 Å². The number of nitrogens with one attached hydrogen (secondary N) is 2. The maximum atomic E-state index is 11.7. The second kappa shape index (κ2) is 7.67. The van der Waals surface area contributed by atoms with Crippen molar-refractivity contribution in [3.63, 3.8) is 0 Å². The third kappa shape index (κ3) is 4.88. The van der Waals surface area contributed by atoms with E-state index in [-0.39, 0.29) is 18.3 Å². The summed E-state index contributed by atoms with van der Waals surface area (Å²) in [6.45, 7) is 1.37. The number of hydrogen-bond donors (Lipinski definition) is 2. The molecule has 0 heterocycles. The molecule has 1 amide bonds. The summed E-state index contributed by atoms with van der Waals surface area (Å²) in [7, 11) is 0. The maximum absolute atomic E-state index is 11.7. The van der Waals surface area contributed by atoms with E-state index in [0.717, 1.165) is 23.0 Å². The van der Waals surface area contributed by atoms with Gasteiger partial charge in [0.05, 0.1) is 12.2 Å². The Morgan fingerprint density at radius 2 is 2.11 bits per heavy atom. The van der Waals surface area contributed by atoms with E-state index in [9.17, 15) is 4.79 Å². The topological polar surface area (TPSA) is 41.1 Å². The van der Waals surface area contributed by atoms with E-state index in [1.54, 1.807) is 11.8 Å². The first-order valence-corrected chi connectivity index (χ1v) is 7.15. The van der Waals surface area contributed by atoms with Gasteiger partial charge < -0.3 is 10.6 Å². The number of carbonyl (C=O) groups excluding carboxylic acids is 1. The Morgan fingerprint density at radius 1 is 1.39 bits per heavy atom. The lowest BCUT2D eigenvalue weighted by Gasteiger charge is -2.09. The van der Waals surface area contributed by atoms with Gasteiger partial charge in [0.25, 0.3) is 0 Å². The molecule has 0 radical (unpaired) electrons. The van der Waals surface area contributed by atoms with Crippen molar-refractivity contribution >= 4 is 35.8 Å². The van der Waals surface area contributed by atoms with Crippen LogP contribution in [-0.4, -0.2) is 25.3 Å². The van der Waals surface area contributed by atoms with Gasteiger partial charge in [-0.2, -0.15) is 0 Å². The number of rotatable bonds is 6. The molecule has 2 N–H and O–H groups in total. The minimum absolute atomic E-state index is 0. The van der Waals surface area contributed by atoms with Gasteiger partial charge in [0.1, 0.15) is 0 Å². The summed E-state index contributed by atoms with van der Waals surface area (Å²) in [5.41, 5.74) is 0.901. The van der Waals surface area contributed by atoms with Gasteiger partial charge >= 0.3 is 0 Å². The van der Waals surface area contributed by atoms with E-state index in [2.05, 4.69) is 10.6 Å². The number of hydrogen-bond acceptors (Lipinski definition) is 3. The highest BCUT2D eigenvalue weighted by atomic mass is 35.5. The highest BCUT2D eigenvalue weighted by Gasteiger charge is 2.20. The molecule has 0 saturated heterocycles. The van der Waals surface area contributed by atoms with Crippen LogP contribution in [0.15, 0.2) is 29.2 Å². The summed E-state index contributed by atoms with van der Waals surface area (Å²) in [5, 5.41) is 6.12. The molecule has 0 aromatic heterocycles. The Balaban J connectivity index is 0.00000162. The molecule has 0 spiro atoms. The zero-order valence-corrected chi connectivity index (χ0v) is 12.1. The zero-order valence-electron chi connectivity index (χ0n) is 10.4. The summed E-state index contributed by atoms with van der Waals surface area (Å²) in [6.07, 6.45) is 4.63. The van der Waals surface area contributed by atoms with Crippen LogP contribution >= 0.6 is 24.2 Å². The first-order valence-electron chi connectivity index (χ1n) is 5.93. The molecule has 100 valence electrons. The van der Waals surface area contributed by atoms with Crippen LogP contribution in [0.4, 0.5) is 5.69 Å². The van der Waals surface area contributed by atoms with Crippen molar-refractivity contribution in [3.8, 4) is 0 Å². The Labute approximate surface area is 119 Å². The third-order valence-corrected chi connectivity index (χ3v) is 3.59. The van der Waals surface area contributed by atoms with E-state index in [0.29, 0.717) is 6.54 Å². The maximum Gasteiger partial charge on any atom is 0.238 e. The van der Waals surface area contributed by atoms with Crippen LogP contribution in [0.3, 0.4) is 0 Å². The van der Waals surface area contributed by atoms with Gasteiger partial charge in [-0.1, -0.05) is 12.1 Å². The number of carbonyl (C=O) groups is 1. The first kappa shape index (κ1) is 15.3. The molecule has 0 unspecified atom stereocenters. The van der Waals surface area contributed by atoms with Crippen LogP contribution < -0.4 is 10.6 Å². The molecule has 18 heavy (non-hydrogen) atoms. The molecule has 2 rings (SSSR count). The van der Waals surface area contributed by atoms with Gasteiger partial charge in [0.2, 0.25) is 5.91 Å². The fraction of sp³-hybridized carbons (Fsp3) is 0.462. The zero-order chi connectivity index (χ0) is 12.1. The fourth-order valence-electron chi connectivity index (χ4n) is 1.65. The van der Waals surface area contributed by atoms with Crippen LogP contribution in [-0.2, 0) is 4.79 Å². The number of halogens is 1. The fourth-order valence-corrected chi connectivity index (χ4v) is 2.21. The Bertz CT molecular complexity index is 396. The highest BCUT2D eigenvalue weighted by Crippen LogP contribution is 2.27. The average Bonchev–Trinajstić information content (AvgIpc) is 3.14. The van der Waals surface area contributed by atoms with Gasteiger partial charge in [-0.05, 0) is 43.7 Å². The lowest BCUT2D eigenvalue weighted by Crippen LogP contribution is -2.29. The molecule has 1 aromatic carbocycles. The first-order chi connectivity index (χ1) is 8.29. The standard InChI is InChI=1S/C13H18N2OS.ClH/c1-17-12-5-3-2-4-11(12)15-13(16)9-14-8-10-6-7-10;/h2-5,10,14H,6-9H2,1H3,(H,15,16);1H. The molecule has 0 aliphatic heterocycles. The predicted molar refractivity (Wildman–Crippen MR) is 79.7 cm³/mol. The van der Waals surface area contributed by atoms with Crippen molar-refractivity contribution in [2.75, 3.05) is 24.7 Å². The monoisotopic (exact) mass is 286 g/mol. The highest BCUT2D eigenvalue weighted by molar-refractivity contribution is 7.98. The lowest BCUT2D eigenvalue weighted by atomic mass is 10.3. The van der Waals surface area contributed by atoms with Crippen LogP contribution in [0.25, 0.3) is 0 Å².